The van der Waals surface area contributed by atoms with Crippen LogP contribution in [0.4, 0.5) is 0 Å². The number of hydrogen-bond donors (Lipinski definition) is 0. The van der Waals surface area contributed by atoms with Gasteiger partial charge in [0, 0.05) is 23.4 Å². The van der Waals surface area contributed by atoms with Gasteiger partial charge in [-0.1, -0.05) is 48.5 Å². The van der Waals surface area contributed by atoms with Gasteiger partial charge in [0.15, 0.2) is 0 Å². The average Bonchev–Trinajstić information content (AvgIpc) is 2.61. The maximum atomic E-state index is 12.7. The average molecular weight is 334 g/mol. The van der Waals surface area contributed by atoms with E-state index in [1.807, 2.05) is 24.3 Å². The Morgan fingerprint density at radius 1 is 0.875 bits per heavy atom. The number of nitrogens with zero attached hydrogens (tertiary/aromatic N) is 1. The molecule has 0 aromatic heterocycles. The number of sulfonamides is 1. The molecule has 1 aliphatic rings. The van der Waals surface area contributed by atoms with E-state index < -0.39 is 15.9 Å². The molecule has 1 aliphatic heterocycles. The number of hydrogen-bond acceptors (Lipinski definition) is 3. The molecule has 0 atom stereocenters. The Morgan fingerprint density at radius 2 is 1.58 bits per heavy atom. The number of fused-ring (bicyclic) bond motifs is 2. The van der Waals surface area contributed by atoms with Gasteiger partial charge in [0.1, 0.15) is 0 Å². The third-order valence-electron chi connectivity index (χ3n) is 3.96. The number of rotatable bonds is 1. The summed E-state index contributed by atoms with van der Waals surface area (Å²) >= 11 is 0. The summed E-state index contributed by atoms with van der Waals surface area (Å²) in [6.07, 6.45) is 4.05. The van der Waals surface area contributed by atoms with Gasteiger partial charge >= 0.3 is 0 Å². The van der Waals surface area contributed by atoms with Gasteiger partial charge in [0.25, 0.3) is 15.9 Å². The summed E-state index contributed by atoms with van der Waals surface area (Å²) < 4.78 is 26.2. The Kier molecular flexibility index (Phi) is 3.25. The van der Waals surface area contributed by atoms with Crippen molar-refractivity contribution in [1.82, 2.24) is 4.31 Å². The van der Waals surface area contributed by atoms with Crippen molar-refractivity contribution in [3.05, 3.63) is 90.1 Å². The molecule has 1 radical (unpaired) electrons. The van der Waals surface area contributed by atoms with Crippen molar-refractivity contribution in [2.45, 2.75) is 4.90 Å². The van der Waals surface area contributed by atoms with Crippen molar-refractivity contribution in [3.8, 4) is 0 Å². The molecule has 0 spiro atoms. The zero-order valence-corrected chi connectivity index (χ0v) is 13.3. The van der Waals surface area contributed by atoms with E-state index in [-0.39, 0.29) is 4.90 Å². The van der Waals surface area contributed by atoms with E-state index in [0.717, 1.165) is 15.1 Å². The summed E-state index contributed by atoms with van der Waals surface area (Å²) in [4.78, 5) is 12.8. The van der Waals surface area contributed by atoms with Crippen molar-refractivity contribution in [3.63, 3.8) is 0 Å². The van der Waals surface area contributed by atoms with Crippen molar-refractivity contribution in [2.75, 3.05) is 0 Å². The van der Waals surface area contributed by atoms with Crippen LogP contribution in [-0.4, -0.2) is 18.6 Å². The molecule has 0 aliphatic carbocycles. The lowest BCUT2D eigenvalue weighted by atomic mass is 10.1. The first kappa shape index (κ1) is 14.7. The lowest BCUT2D eigenvalue weighted by Gasteiger charge is -2.23. The Balaban J connectivity index is 1.79. The Hall–Kier alpha value is -2.92. The van der Waals surface area contributed by atoms with Crippen LogP contribution >= 0.6 is 0 Å². The van der Waals surface area contributed by atoms with Crippen molar-refractivity contribution >= 4 is 26.7 Å². The van der Waals surface area contributed by atoms with Crippen LogP contribution in [0, 0.1) is 6.08 Å². The number of carbonyl (C=O) groups excluding carboxylic acids is 1. The molecule has 117 valence electrons. The van der Waals surface area contributed by atoms with Crippen molar-refractivity contribution in [1.29, 1.82) is 0 Å². The second kappa shape index (κ2) is 5.32. The first-order chi connectivity index (χ1) is 11.6. The fourth-order valence-corrected chi connectivity index (χ4v) is 4.11. The molecule has 0 N–H and O–H groups in total. The molecule has 24 heavy (non-hydrogen) atoms. The molecular weight excluding hydrogens is 322 g/mol. The topological polar surface area (TPSA) is 54.5 Å². The molecular formula is C19H12NO3S. The molecule has 4 nitrogen and oxygen atoms in total. The molecule has 0 fully saturated rings. The standard InChI is InChI=1S/C19H12NO3S/c21-19(17-10-9-14-5-1-2-7-16(14)13-17)20-12-11-15-6-3-4-8-18(15)24(20,22)23/h1-10,12-13H. The van der Waals surface area contributed by atoms with Gasteiger partial charge in [-0.3, -0.25) is 4.79 Å². The van der Waals surface area contributed by atoms with Crippen LogP contribution in [0.1, 0.15) is 15.9 Å². The third-order valence-corrected chi connectivity index (χ3v) is 5.66. The van der Waals surface area contributed by atoms with Crippen LogP contribution in [0.15, 0.2) is 77.8 Å². The van der Waals surface area contributed by atoms with Crippen LogP contribution in [0.25, 0.3) is 10.8 Å². The predicted molar refractivity (Wildman–Crippen MR) is 90.7 cm³/mol. The lowest BCUT2D eigenvalue weighted by Crippen LogP contribution is -2.34. The van der Waals surface area contributed by atoms with Crippen LogP contribution in [0.5, 0.6) is 0 Å². The monoisotopic (exact) mass is 334 g/mol. The summed E-state index contributed by atoms with van der Waals surface area (Å²) in [5, 5.41) is 1.87. The fourth-order valence-electron chi connectivity index (χ4n) is 2.73. The van der Waals surface area contributed by atoms with Crippen LogP contribution in [-0.2, 0) is 10.0 Å². The molecule has 3 aromatic rings. The van der Waals surface area contributed by atoms with E-state index in [0.29, 0.717) is 11.1 Å². The number of carbonyl (C=O) groups is 1. The maximum Gasteiger partial charge on any atom is 0.271 e. The number of amides is 1. The van der Waals surface area contributed by atoms with E-state index in [1.165, 1.54) is 12.3 Å². The summed E-state index contributed by atoms with van der Waals surface area (Å²) in [6.45, 7) is 0. The largest absolute Gasteiger partial charge is 0.271 e. The van der Waals surface area contributed by atoms with E-state index in [4.69, 9.17) is 0 Å². The molecule has 0 bridgehead atoms. The van der Waals surface area contributed by atoms with Gasteiger partial charge in [-0.2, -0.15) is 0 Å². The van der Waals surface area contributed by atoms with E-state index >= 15 is 0 Å². The van der Waals surface area contributed by atoms with E-state index in [2.05, 4.69) is 6.08 Å². The maximum absolute atomic E-state index is 12.7. The van der Waals surface area contributed by atoms with Gasteiger partial charge in [0.2, 0.25) is 0 Å². The molecule has 0 saturated carbocycles. The summed E-state index contributed by atoms with van der Waals surface area (Å²) in [7, 11) is -3.92. The summed E-state index contributed by atoms with van der Waals surface area (Å²) in [5.74, 6) is -0.595. The lowest BCUT2D eigenvalue weighted by molar-refractivity contribution is 0.0897. The van der Waals surface area contributed by atoms with Crippen LogP contribution in [0.3, 0.4) is 0 Å². The normalized spacial score (nSPS) is 15.2. The highest BCUT2D eigenvalue weighted by atomic mass is 32.2. The predicted octanol–water partition coefficient (Wildman–Crippen LogP) is 3.35. The first-order valence-corrected chi connectivity index (χ1v) is 8.78. The highest BCUT2D eigenvalue weighted by Crippen LogP contribution is 2.27. The molecule has 5 heteroatoms. The highest BCUT2D eigenvalue weighted by Gasteiger charge is 2.32. The summed E-state index contributed by atoms with van der Waals surface area (Å²) in [6, 6.07) is 19.2. The Labute approximate surface area is 139 Å². The van der Waals surface area contributed by atoms with Gasteiger partial charge in [-0.25, -0.2) is 12.7 Å². The molecule has 0 saturated heterocycles. The second-order valence-corrected chi connectivity index (χ2v) is 7.22. The summed E-state index contributed by atoms with van der Waals surface area (Å²) in [5.41, 5.74) is 0.773. The minimum absolute atomic E-state index is 0.0849. The van der Waals surface area contributed by atoms with Gasteiger partial charge in [-0.05, 0) is 29.0 Å². The third kappa shape index (κ3) is 2.21. The smallest absolute Gasteiger partial charge is 0.268 e. The van der Waals surface area contributed by atoms with E-state index in [9.17, 15) is 13.2 Å². The molecule has 0 unspecified atom stereocenters. The van der Waals surface area contributed by atoms with Gasteiger partial charge in [0.05, 0.1) is 4.90 Å². The quantitative estimate of drug-likeness (QED) is 0.686. The molecule has 3 aromatic carbocycles. The number of benzene rings is 3. The van der Waals surface area contributed by atoms with Crippen molar-refractivity contribution in [2.24, 2.45) is 0 Å². The second-order valence-electron chi connectivity index (χ2n) is 5.44. The fraction of sp³-hybridized carbons (Fsp3) is 0. The molecule has 4 rings (SSSR count). The Morgan fingerprint density at radius 3 is 2.42 bits per heavy atom. The zero-order chi connectivity index (χ0) is 16.7. The molecule has 1 amide bonds. The van der Waals surface area contributed by atoms with Crippen molar-refractivity contribution < 1.29 is 13.2 Å². The van der Waals surface area contributed by atoms with Crippen LogP contribution in [0.2, 0.25) is 0 Å². The van der Waals surface area contributed by atoms with Crippen LogP contribution < -0.4 is 0 Å². The minimum atomic E-state index is -3.92. The minimum Gasteiger partial charge on any atom is -0.268 e. The Bertz CT molecular complexity index is 1100. The first-order valence-electron chi connectivity index (χ1n) is 7.34. The van der Waals surface area contributed by atoms with Gasteiger partial charge in [-0.15, -0.1) is 0 Å². The SMILES string of the molecule is O=C(c1ccc2ccccc2c1)N1C=[C]c2ccccc2S1(=O)=O. The zero-order valence-electron chi connectivity index (χ0n) is 12.5. The molecule has 1 heterocycles. The van der Waals surface area contributed by atoms with Gasteiger partial charge < -0.3 is 0 Å². The van der Waals surface area contributed by atoms with E-state index in [1.54, 1.807) is 36.4 Å². The highest BCUT2D eigenvalue weighted by molar-refractivity contribution is 7.90.